The van der Waals surface area contributed by atoms with Crippen LogP contribution in [0.2, 0.25) is 0 Å². The molecule has 0 aliphatic carbocycles. The minimum absolute atomic E-state index is 0.0294. The number of benzene rings is 1. The first-order chi connectivity index (χ1) is 9.82. The summed E-state index contributed by atoms with van der Waals surface area (Å²) in [5.41, 5.74) is 6.54. The second-order valence-electron chi connectivity index (χ2n) is 6.18. The molecular formula is C16H22N2O3. The molecule has 21 heavy (non-hydrogen) atoms. The van der Waals surface area contributed by atoms with Crippen LogP contribution in [0.3, 0.4) is 0 Å². The zero-order chi connectivity index (χ0) is 15.6. The number of likely N-dealkylation sites (tertiary alicyclic amines) is 1. The normalized spacial score (nSPS) is 19.3. The van der Waals surface area contributed by atoms with E-state index < -0.39 is 17.3 Å². The molecule has 5 heteroatoms. The Morgan fingerprint density at radius 3 is 2.48 bits per heavy atom. The molecule has 0 unspecified atom stereocenters. The molecule has 1 aliphatic rings. The zero-order valence-electron chi connectivity index (χ0n) is 12.5. The van der Waals surface area contributed by atoms with E-state index in [4.69, 9.17) is 10.8 Å². The van der Waals surface area contributed by atoms with Crippen LogP contribution in [-0.2, 0) is 15.0 Å². The second kappa shape index (κ2) is 5.76. The van der Waals surface area contributed by atoms with Gasteiger partial charge in [0.1, 0.15) is 0 Å². The zero-order valence-corrected chi connectivity index (χ0v) is 12.5. The molecule has 1 heterocycles. The number of amides is 1. The summed E-state index contributed by atoms with van der Waals surface area (Å²) in [4.78, 5) is 25.6. The highest BCUT2D eigenvalue weighted by molar-refractivity contribution is 5.88. The van der Waals surface area contributed by atoms with Crippen molar-refractivity contribution in [2.75, 3.05) is 18.8 Å². The highest BCUT2D eigenvalue weighted by Gasteiger charge is 2.37. The highest BCUT2D eigenvalue weighted by Crippen LogP contribution is 2.29. The average molecular weight is 290 g/mol. The Balaban J connectivity index is 2.17. The maximum absolute atomic E-state index is 12.8. The molecule has 1 amide bonds. The van der Waals surface area contributed by atoms with E-state index in [1.165, 1.54) is 0 Å². The van der Waals surface area contributed by atoms with Gasteiger partial charge in [0.2, 0.25) is 5.91 Å². The summed E-state index contributed by atoms with van der Waals surface area (Å²) in [6.45, 7) is 4.66. The van der Waals surface area contributed by atoms with E-state index in [1.807, 2.05) is 26.0 Å². The van der Waals surface area contributed by atoms with Crippen LogP contribution in [0.5, 0.6) is 0 Å². The largest absolute Gasteiger partial charge is 0.481 e. The summed E-state index contributed by atoms with van der Waals surface area (Å²) >= 11 is 0. The number of carboxylic acid groups (broad SMARTS) is 1. The van der Waals surface area contributed by atoms with Gasteiger partial charge >= 0.3 is 5.97 Å². The maximum atomic E-state index is 12.8. The van der Waals surface area contributed by atoms with Crippen molar-refractivity contribution >= 4 is 17.6 Å². The van der Waals surface area contributed by atoms with E-state index >= 15 is 0 Å². The minimum Gasteiger partial charge on any atom is -0.481 e. The Morgan fingerprint density at radius 2 is 1.90 bits per heavy atom. The standard InChI is InChI=1S/C16H22N2O3/c1-16(2,12-5-7-13(17)8-6-12)15(21)18-9-3-4-11(10-18)14(19)20/h5-8,11H,3-4,9-10,17H2,1-2H3,(H,19,20)/t11-/m0/s1. The summed E-state index contributed by atoms with van der Waals surface area (Å²) in [6.07, 6.45) is 1.38. The summed E-state index contributed by atoms with van der Waals surface area (Å²) in [6, 6.07) is 7.26. The fourth-order valence-corrected chi connectivity index (χ4v) is 2.78. The molecule has 1 aromatic carbocycles. The van der Waals surface area contributed by atoms with Crippen molar-refractivity contribution in [3.63, 3.8) is 0 Å². The molecule has 1 fully saturated rings. The molecule has 1 saturated heterocycles. The number of anilines is 1. The van der Waals surface area contributed by atoms with E-state index in [-0.39, 0.29) is 5.91 Å². The van der Waals surface area contributed by atoms with Gasteiger partial charge in [-0.1, -0.05) is 12.1 Å². The molecule has 114 valence electrons. The summed E-state index contributed by atoms with van der Waals surface area (Å²) in [5, 5.41) is 9.14. The molecule has 0 spiro atoms. The third-order valence-electron chi connectivity index (χ3n) is 4.22. The fraction of sp³-hybridized carbons (Fsp3) is 0.500. The van der Waals surface area contributed by atoms with Crippen molar-refractivity contribution in [3.8, 4) is 0 Å². The van der Waals surface area contributed by atoms with E-state index in [0.29, 0.717) is 25.2 Å². The van der Waals surface area contributed by atoms with Crippen LogP contribution in [0.1, 0.15) is 32.3 Å². The summed E-state index contributed by atoms with van der Waals surface area (Å²) in [5.74, 6) is -1.30. The van der Waals surface area contributed by atoms with Gasteiger partial charge in [-0.3, -0.25) is 9.59 Å². The van der Waals surface area contributed by atoms with Gasteiger partial charge in [-0.2, -0.15) is 0 Å². The lowest BCUT2D eigenvalue weighted by atomic mass is 9.82. The number of aliphatic carboxylic acids is 1. The monoisotopic (exact) mass is 290 g/mol. The number of hydrogen-bond acceptors (Lipinski definition) is 3. The van der Waals surface area contributed by atoms with Gasteiger partial charge in [0.15, 0.2) is 0 Å². The van der Waals surface area contributed by atoms with Gasteiger partial charge in [-0.25, -0.2) is 0 Å². The molecular weight excluding hydrogens is 268 g/mol. The number of rotatable bonds is 3. The molecule has 0 aromatic heterocycles. The van der Waals surface area contributed by atoms with Crippen LogP contribution in [0.15, 0.2) is 24.3 Å². The number of carbonyl (C=O) groups excluding carboxylic acids is 1. The summed E-state index contributed by atoms with van der Waals surface area (Å²) in [7, 11) is 0. The number of carbonyl (C=O) groups is 2. The van der Waals surface area contributed by atoms with Crippen molar-refractivity contribution in [1.29, 1.82) is 0 Å². The van der Waals surface area contributed by atoms with E-state index in [0.717, 1.165) is 12.0 Å². The van der Waals surface area contributed by atoms with Crippen LogP contribution in [-0.4, -0.2) is 35.0 Å². The van der Waals surface area contributed by atoms with Crippen LogP contribution in [0.4, 0.5) is 5.69 Å². The molecule has 0 radical (unpaired) electrons. The van der Waals surface area contributed by atoms with Crippen molar-refractivity contribution in [2.45, 2.75) is 32.1 Å². The Hall–Kier alpha value is -2.04. The number of nitrogens with two attached hydrogens (primary N) is 1. The molecule has 1 atom stereocenters. The molecule has 0 saturated carbocycles. The second-order valence-corrected chi connectivity index (χ2v) is 6.18. The number of piperidine rings is 1. The first kappa shape index (κ1) is 15.4. The first-order valence-electron chi connectivity index (χ1n) is 7.20. The lowest BCUT2D eigenvalue weighted by Gasteiger charge is -2.36. The van der Waals surface area contributed by atoms with Crippen LogP contribution in [0, 0.1) is 5.92 Å². The lowest BCUT2D eigenvalue weighted by molar-refractivity contribution is -0.147. The topological polar surface area (TPSA) is 83.6 Å². The molecule has 5 nitrogen and oxygen atoms in total. The Bertz CT molecular complexity index is 537. The van der Waals surface area contributed by atoms with E-state index in [2.05, 4.69) is 0 Å². The minimum atomic E-state index is -0.821. The smallest absolute Gasteiger partial charge is 0.308 e. The van der Waals surface area contributed by atoms with Gasteiger partial charge < -0.3 is 15.7 Å². The Morgan fingerprint density at radius 1 is 1.29 bits per heavy atom. The molecule has 1 aliphatic heterocycles. The van der Waals surface area contributed by atoms with Gasteiger partial charge in [-0.05, 0) is 44.4 Å². The van der Waals surface area contributed by atoms with Crippen LogP contribution >= 0.6 is 0 Å². The van der Waals surface area contributed by atoms with Crippen LogP contribution in [0.25, 0.3) is 0 Å². The molecule has 0 bridgehead atoms. The fourth-order valence-electron chi connectivity index (χ4n) is 2.78. The van der Waals surface area contributed by atoms with Gasteiger partial charge in [0, 0.05) is 18.8 Å². The third-order valence-corrected chi connectivity index (χ3v) is 4.22. The van der Waals surface area contributed by atoms with Gasteiger partial charge in [0.05, 0.1) is 11.3 Å². The van der Waals surface area contributed by atoms with E-state index in [1.54, 1.807) is 17.0 Å². The molecule has 2 rings (SSSR count). The average Bonchev–Trinajstić information content (AvgIpc) is 2.47. The predicted octanol–water partition coefficient (Wildman–Crippen LogP) is 1.87. The van der Waals surface area contributed by atoms with Crippen LogP contribution < -0.4 is 5.73 Å². The number of nitrogen functional groups attached to an aromatic ring is 1. The molecule has 1 aromatic rings. The first-order valence-corrected chi connectivity index (χ1v) is 7.20. The maximum Gasteiger partial charge on any atom is 0.308 e. The van der Waals surface area contributed by atoms with Crippen molar-refractivity contribution in [2.24, 2.45) is 5.92 Å². The van der Waals surface area contributed by atoms with Crippen molar-refractivity contribution in [1.82, 2.24) is 4.90 Å². The summed E-state index contributed by atoms with van der Waals surface area (Å²) < 4.78 is 0. The third kappa shape index (κ3) is 3.17. The van der Waals surface area contributed by atoms with Gasteiger partial charge in [-0.15, -0.1) is 0 Å². The number of hydrogen-bond donors (Lipinski definition) is 2. The number of carboxylic acids is 1. The SMILES string of the molecule is CC(C)(C(=O)N1CCC[C@H](C(=O)O)C1)c1ccc(N)cc1. The lowest BCUT2D eigenvalue weighted by Crippen LogP contribution is -2.49. The predicted molar refractivity (Wildman–Crippen MR) is 80.8 cm³/mol. The quantitative estimate of drug-likeness (QED) is 0.832. The van der Waals surface area contributed by atoms with Crippen molar-refractivity contribution < 1.29 is 14.7 Å². The number of nitrogens with zero attached hydrogens (tertiary/aromatic N) is 1. The Labute approximate surface area is 124 Å². The highest BCUT2D eigenvalue weighted by atomic mass is 16.4. The van der Waals surface area contributed by atoms with Crippen molar-refractivity contribution in [3.05, 3.63) is 29.8 Å². The molecule has 3 N–H and O–H groups in total. The van der Waals surface area contributed by atoms with E-state index in [9.17, 15) is 9.59 Å². The Kier molecular flexibility index (Phi) is 4.21. The van der Waals surface area contributed by atoms with Gasteiger partial charge in [0.25, 0.3) is 0 Å².